The average Bonchev–Trinajstić information content (AvgIpc) is 1.95. The summed E-state index contributed by atoms with van der Waals surface area (Å²) >= 11 is 0. The predicted molar refractivity (Wildman–Crippen MR) is 42.7 cm³/mol. The van der Waals surface area contributed by atoms with E-state index in [0.29, 0.717) is 13.0 Å². The zero-order chi connectivity index (χ0) is 9.40. The number of carbonyl (C=O) groups excluding carboxylic acids is 1. The van der Waals surface area contributed by atoms with E-state index in [9.17, 15) is 9.59 Å². The molecule has 0 aliphatic heterocycles. The molecule has 0 bridgehead atoms. The van der Waals surface area contributed by atoms with Crippen molar-refractivity contribution in [2.75, 3.05) is 6.61 Å². The van der Waals surface area contributed by atoms with Gasteiger partial charge in [0.1, 0.15) is 0 Å². The predicted octanol–water partition coefficient (Wildman–Crippen LogP) is 1.19. The van der Waals surface area contributed by atoms with Gasteiger partial charge in [0.2, 0.25) is 0 Å². The van der Waals surface area contributed by atoms with Crippen LogP contribution in [0.1, 0.15) is 32.6 Å². The summed E-state index contributed by atoms with van der Waals surface area (Å²) < 4.78 is 4.66. The monoisotopic (exact) mass is 175 g/mol. The second-order valence-corrected chi connectivity index (χ2v) is 2.54. The standard InChI is InChI=1S/C8H14O4/c1-7(9)12-6-4-2-3-5-8(10)11/h2-6H2,1H3,(H,10,11)/i7+1. The molecule has 0 saturated carbocycles. The number of rotatable bonds is 6. The van der Waals surface area contributed by atoms with E-state index in [0.717, 1.165) is 12.8 Å². The van der Waals surface area contributed by atoms with Crippen molar-refractivity contribution in [2.45, 2.75) is 32.6 Å². The van der Waals surface area contributed by atoms with Gasteiger partial charge in [0.25, 0.3) is 0 Å². The van der Waals surface area contributed by atoms with Crippen LogP contribution in [-0.2, 0) is 14.3 Å². The summed E-state index contributed by atoms with van der Waals surface area (Å²) in [5.74, 6) is -1.06. The second-order valence-electron chi connectivity index (χ2n) is 2.54. The van der Waals surface area contributed by atoms with Gasteiger partial charge in [-0.1, -0.05) is 0 Å². The molecular weight excluding hydrogens is 161 g/mol. The number of ether oxygens (including phenoxy) is 1. The van der Waals surface area contributed by atoms with E-state index in [1.165, 1.54) is 6.92 Å². The van der Waals surface area contributed by atoms with Crippen molar-refractivity contribution in [2.24, 2.45) is 0 Å². The van der Waals surface area contributed by atoms with Crippen LogP contribution in [0.3, 0.4) is 0 Å². The third-order valence-corrected chi connectivity index (χ3v) is 1.34. The topological polar surface area (TPSA) is 63.6 Å². The van der Waals surface area contributed by atoms with Crippen LogP contribution in [0.15, 0.2) is 0 Å². The Morgan fingerprint density at radius 2 is 1.92 bits per heavy atom. The van der Waals surface area contributed by atoms with Crippen molar-refractivity contribution >= 4 is 11.9 Å². The van der Waals surface area contributed by atoms with E-state index in [1.54, 1.807) is 0 Å². The molecule has 0 fully saturated rings. The Labute approximate surface area is 71.5 Å². The molecule has 0 aromatic carbocycles. The summed E-state index contributed by atoms with van der Waals surface area (Å²) in [4.78, 5) is 20.3. The van der Waals surface area contributed by atoms with E-state index in [1.807, 2.05) is 0 Å². The van der Waals surface area contributed by atoms with Crippen molar-refractivity contribution in [3.05, 3.63) is 0 Å². The van der Waals surface area contributed by atoms with Crippen LogP contribution in [0.2, 0.25) is 0 Å². The number of hydrogen-bond donors (Lipinski definition) is 1. The number of unbranched alkanes of at least 4 members (excludes halogenated alkanes) is 2. The minimum Gasteiger partial charge on any atom is -0.481 e. The Morgan fingerprint density at radius 3 is 2.42 bits per heavy atom. The molecule has 4 heteroatoms. The van der Waals surface area contributed by atoms with E-state index in [4.69, 9.17) is 5.11 Å². The maximum absolute atomic E-state index is 10.3. The zero-order valence-electron chi connectivity index (χ0n) is 7.21. The summed E-state index contributed by atoms with van der Waals surface area (Å²) in [7, 11) is 0. The Bertz CT molecular complexity index is 135. The molecule has 0 spiro atoms. The molecule has 0 heterocycles. The Kier molecular flexibility index (Phi) is 6.05. The van der Waals surface area contributed by atoms with Gasteiger partial charge >= 0.3 is 11.9 Å². The van der Waals surface area contributed by atoms with Crippen molar-refractivity contribution in [3.63, 3.8) is 0 Å². The first-order chi connectivity index (χ1) is 5.63. The molecule has 0 aromatic heterocycles. The molecule has 0 radical (unpaired) electrons. The lowest BCUT2D eigenvalue weighted by atomic mass is 10.2. The fraction of sp³-hybridized carbons (Fsp3) is 0.750. The molecule has 0 aliphatic carbocycles. The Morgan fingerprint density at radius 1 is 1.25 bits per heavy atom. The first-order valence-corrected chi connectivity index (χ1v) is 3.98. The first-order valence-electron chi connectivity index (χ1n) is 3.98. The van der Waals surface area contributed by atoms with Crippen LogP contribution >= 0.6 is 0 Å². The normalized spacial score (nSPS) is 9.42. The van der Waals surface area contributed by atoms with Gasteiger partial charge in [-0.05, 0) is 19.3 Å². The highest BCUT2D eigenvalue weighted by Gasteiger charge is 1.97. The summed E-state index contributed by atoms with van der Waals surface area (Å²) in [5, 5.41) is 8.27. The van der Waals surface area contributed by atoms with Gasteiger partial charge in [-0.3, -0.25) is 9.59 Å². The van der Waals surface area contributed by atoms with Crippen molar-refractivity contribution in [1.29, 1.82) is 0 Å². The number of carboxylic acids is 1. The minimum absolute atomic E-state index is 0.195. The molecule has 1 N–H and O–H groups in total. The van der Waals surface area contributed by atoms with Crippen molar-refractivity contribution in [1.82, 2.24) is 0 Å². The summed E-state index contributed by atoms with van der Waals surface area (Å²) in [6, 6.07) is 0. The van der Waals surface area contributed by atoms with Crippen molar-refractivity contribution in [3.8, 4) is 0 Å². The molecule has 0 unspecified atom stereocenters. The summed E-state index contributed by atoms with van der Waals surface area (Å²) in [5.41, 5.74) is 0. The highest BCUT2D eigenvalue weighted by molar-refractivity contribution is 5.66. The highest BCUT2D eigenvalue weighted by Crippen LogP contribution is 1.99. The molecule has 0 rings (SSSR count). The fourth-order valence-corrected chi connectivity index (χ4v) is 0.771. The zero-order valence-corrected chi connectivity index (χ0v) is 7.21. The lowest BCUT2D eigenvalue weighted by molar-refractivity contribution is -0.141. The van der Waals surface area contributed by atoms with Crippen LogP contribution in [0.5, 0.6) is 0 Å². The third-order valence-electron chi connectivity index (χ3n) is 1.34. The van der Waals surface area contributed by atoms with Gasteiger partial charge in [0, 0.05) is 13.3 Å². The third kappa shape index (κ3) is 8.94. The van der Waals surface area contributed by atoms with Crippen LogP contribution in [0, 0.1) is 0 Å². The van der Waals surface area contributed by atoms with Gasteiger partial charge in [0.05, 0.1) is 6.61 Å². The quantitative estimate of drug-likeness (QED) is 0.374. The van der Waals surface area contributed by atoms with Crippen molar-refractivity contribution < 1.29 is 19.4 Å². The van der Waals surface area contributed by atoms with E-state index >= 15 is 0 Å². The molecule has 0 saturated heterocycles. The fourth-order valence-electron chi connectivity index (χ4n) is 0.771. The number of carbonyl (C=O) groups is 2. The summed E-state index contributed by atoms with van der Waals surface area (Å²) in [6.07, 6.45) is 2.38. The largest absolute Gasteiger partial charge is 0.481 e. The molecular formula is C8H14O4. The van der Waals surface area contributed by atoms with Crippen LogP contribution in [0.25, 0.3) is 0 Å². The number of esters is 1. The SMILES string of the molecule is C[13C](=O)OCCCCCC(=O)O. The maximum atomic E-state index is 10.3. The second kappa shape index (κ2) is 6.64. The minimum atomic E-state index is -0.775. The summed E-state index contributed by atoms with van der Waals surface area (Å²) in [6.45, 7) is 1.76. The first kappa shape index (κ1) is 10.9. The molecule has 0 atom stereocenters. The van der Waals surface area contributed by atoms with Gasteiger partial charge in [0.15, 0.2) is 0 Å². The number of carboxylic acid groups (broad SMARTS) is 1. The Hall–Kier alpha value is -1.06. The lowest BCUT2D eigenvalue weighted by Crippen LogP contribution is -2.01. The molecule has 4 nitrogen and oxygen atoms in total. The average molecular weight is 175 g/mol. The van der Waals surface area contributed by atoms with Crippen LogP contribution in [0.4, 0.5) is 0 Å². The van der Waals surface area contributed by atoms with Gasteiger partial charge in [-0.25, -0.2) is 0 Å². The molecule has 0 aromatic rings. The smallest absolute Gasteiger partial charge is 0.303 e. The highest BCUT2D eigenvalue weighted by atomic mass is 16.6. The molecule has 70 valence electrons. The molecule has 0 aliphatic rings. The number of hydrogen-bond acceptors (Lipinski definition) is 3. The van der Waals surface area contributed by atoms with Gasteiger partial charge < -0.3 is 9.84 Å². The maximum Gasteiger partial charge on any atom is 0.303 e. The van der Waals surface area contributed by atoms with Gasteiger partial charge in [-0.2, -0.15) is 0 Å². The van der Waals surface area contributed by atoms with Gasteiger partial charge in [-0.15, -0.1) is 0 Å². The number of aliphatic carboxylic acids is 1. The molecule has 12 heavy (non-hydrogen) atoms. The van der Waals surface area contributed by atoms with Crippen LogP contribution < -0.4 is 0 Å². The lowest BCUT2D eigenvalue weighted by Gasteiger charge is -1.99. The molecule has 0 amide bonds. The van der Waals surface area contributed by atoms with Crippen LogP contribution in [-0.4, -0.2) is 23.7 Å². The van der Waals surface area contributed by atoms with E-state index < -0.39 is 5.97 Å². The van der Waals surface area contributed by atoms with E-state index in [-0.39, 0.29) is 12.4 Å². The Balaban J connectivity index is 3.01. The van der Waals surface area contributed by atoms with E-state index in [2.05, 4.69) is 4.74 Å².